The first kappa shape index (κ1) is 16.5. The number of hydrogen-bond donors (Lipinski definition) is 0. The van der Waals surface area contributed by atoms with E-state index in [1.54, 1.807) is 0 Å². The zero-order valence-electron chi connectivity index (χ0n) is 13.4. The SMILES string of the molecule is CC(C)Oc1ccc(CC(=O)C(C)C)cc1OC(C)C. The van der Waals surface area contributed by atoms with Gasteiger partial charge < -0.3 is 9.47 Å². The summed E-state index contributed by atoms with van der Waals surface area (Å²) in [5.41, 5.74) is 0.968. The lowest BCUT2D eigenvalue weighted by molar-refractivity contribution is -0.121. The second kappa shape index (κ2) is 7.32. The van der Waals surface area contributed by atoms with Crippen LogP contribution in [0.3, 0.4) is 0 Å². The average molecular weight is 278 g/mol. The maximum absolute atomic E-state index is 11.8. The van der Waals surface area contributed by atoms with Gasteiger partial charge in [0.15, 0.2) is 11.5 Å². The zero-order chi connectivity index (χ0) is 15.3. The van der Waals surface area contributed by atoms with E-state index in [-0.39, 0.29) is 23.9 Å². The van der Waals surface area contributed by atoms with Crippen molar-refractivity contribution in [1.82, 2.24) is 0 Å². The van der Waals surface area contributed by atoms with Crippen LogP contribution in [0.5, 0.6) is 11.5 Å². The van der Waals surface area contributed by atoms with E-state index in [2.05, 4.69) is 0 Å². The van der Waals surface area contributed by atoms with E-state index >= 15 is 0 Å². The molecule has 0 aliphatic rings. The van der Waals surface area contributed by atoms with E-state index in [0.29, 0.717) is 12.2 Å². The summed E-state index contributed by atoms with van der Waals surface area (Å²) in [5, 5.41) is 0. The van der Waals surface area contributed by atoms with Gasteiger partial charge in [-0.25, -0.2) is 0 Å². The maximum Gasteiger partial charge on any atom is 0.161 e. The highest BCUT2D eigenvalue weighted by Crippen LogP contribution is 2.30. The van der Waals surface area contributed by atoms with Crippen LogP contribution in [0.25, 0.3) is 0 Å². The Morgan fingerprint density at radius 2 is 1.50 bits per heavy atom. The Morgan fingerprint density at radius 1 is 0.950 bits per heavy atom. The third kappa shape index (κ3) is 5.24. The molecule has 0 aliphatic carbocycles. The molecular weight excluding hydrogens is 252 g/mol. The number of carbonyl (C=O) groups is 1. The van der Waals surface area contributed by atoms with Crippen molar-refractivity contribution in [2.75, 3.05) is 0 Å². The van der Waals surface area contributed by atoms with Crippen molar-refractivity contribution in [2.45, 2.75) is 60.2 Å². The lowest BCUT2D eigenvalue weighted by Gasteiger charge is -2.18. The molecule has 1 rings (SSSR count). The summed E-state index contributed by atoms with van der Waals surface area (Å²) in [6.07, 6.45) is 0.599. The predicted octanol–water partition coefficient (Wildman–Crippen LogP) is 4.03. The summed E-state index contributed by atoms with van der Waals surface area (Å²) in [4.78, 5) is 11.8. The normalized spacial score (nSPS) is 11.2. The lowest BCUT2D eigenvalue weighted by Crippen LogP contribution is -2.13. The molecule has 0 fully saturated rings. The van der Waals surface area contributed by atoms with Gasteiger partial charge in [0.2, 0.25) is 0 Å². The number of hydrogen-bond acceptors (Lipinski definition) is 3. The molecule has 1 aromatic carbocycles. The van der Waals surface area contributed by atoms with E-state index in [9.17, 15) is 4.79 Å². The summed E-state index contributed by atoms with van der Waals surface area (Å²) in [6.45, 7) is 11.8. The minimum absolute atomic E-state index is 0.0519. The molecule has 0 N–H and O–H groups in total. The van der Waals surface area contributed by atoms with Crippen LogP contribution in [0, 0.1) is 5.92 Å². The summed E-state index contributed by atoms with van der Waals surface area (Å²) in [5.74, 6) is 1.73. The first-order valence-electron chi connectivity index (χ1n) is 7.28. The van der Waals surface area contributed by atoms with Crippen LogP contribution >= 0.6 is 0 Å². The fourth-order valence-electron chi connectivity index (χ4n) is 1.77. The monoisotopic (exact) mass is 278 g/mol. The average Bonchev–Trinajstić information content (AvgIpc) is 2.31. The lowest BCUT2D eigenvalue weighted by atomic mass is 10.0. The number of rotatable bonds is 7. The first-order chi connectivity index (χ1) is 9.29. The molecule has 0 amide bonds. The van der Waals surface area contributed by atoms with Crippen LogP contribution in [0.4, 0.5) is 0 Å². The summed E-state index contributed by atoms with van der Waals surface area (Å²) in [6, 6.07) is 5.74. The Kier molecular flexibility index (Phi) is 6.05. The fraction of sp³-hybridized carbons (Fsp3) is 0.588. The molecule has 0 bridgehead atoms. The highest BCUT2D eigenvalue weighted by molar-refractivity contribution is 5.82. The van der Waals surface area contributed by atoms with Crippen molar-refractivity contribution in [3.8, 4) is 11.5 Å². The first-order valence-corrected chi connectivity index (χ1v) is 7.28. The molecule has 0 saturated carbocycles. The third-order valence-corrected chi connectivity index (χ3v) is 2.76. The Bertz CT molecular complexity index is 448. The van der Waals surface area contributed by atoms with Gasteiger partial charge in [-0.2, -0.15) is 0 Å². The fourth-order valence-corrected chi connectivity index (χ4v) is 1.77. The van der Waals surface area contributed by atoms with Gasteiger partial charge in [-0.3, -0.25) is 4.79 Å². The van der Waals surface area contributed by atoms with Gasteiger partial charge in [0.25, 0.3) is 0 Å². The molecular formula is C17H26O3. The van der Waals surface area contributed by atoms with Crippen LogP contribution in [-0.2, 0) is 11.2 Å². The topological polar surface area (TPSA) is 35.5 Å². The molecule has 0 aromatic heterocycles. The van der Waals surface area contributed by atoms with E-state index in [1.807, 2.05) is 59.7 Å². The largest absolute Gasteiger partial charge is 0.487 e. The van der Waals surface area contributed by atoms with Gasteiger partial charge in [0.1, 0.15) is 5.78 Å². The molecule has 0 spiro atoms. The Hall–Kier alpha value is -1.51. The smallest absolute Gasteiger partial charge is 0.161 e. The molecule has 1 aromatic rings. The second-order valence-corrected chi connectivity index (χ2v) is 5.91. The zero-order valence-corrected chi connectivity index (χ0v) is 13.4. The van der Waals surface area contributed by atoms with Crippen LogP contribution in [0.1, 0.15) is 47.1 Å². The molecule has 0 saturated heterocycles. The molecule has 112 valence electrons. The highest BCUT2D eigenvalue weighted by atomic mass is 16.5. The summed E-state index contributed by atoms with van der Waals surface area (Å²) >= 11 is 0. The minimum Gasteiger partial charge on any atom is -0.487 e. The predicted molar refractivity (Wildman–Crippen MR) is 81.5 cm³/mol. The number of ether oxygens (including phenoxy) is 2. The van der Waals surface area contributed by atoms with Gasteiger partial charge in [0.05, 0.1) is 12.2 Å². The van der Waals surface area contributed by atoms with Gasteiger partial charge in [-0.05, 0) is 45.4 Å². The highest BCUT2D eigenvalue weighted by Gasteiger charge is 2.13. The van der Waals surface area contributed by atoms with Crippen molar-refractivity contribution < 1.29 is 14.3 Å². The van der Waals surface area contributed by atoms with Crippen molar-refractivity contribution in [2.24, 2.45) is 5.92 Å². The molecule has 0 aliphatic heterocycles. The van der Waals surface area contributed by atoms with Crippen LogP contribution < -0.4 is 9.47 Å². The number of ketones is 1. The number of carbonyl (C=O) groups excluding carboxylic acids is 1. The molecule has 20 heavy (non-hydrogen) atoms. The van der Waals surface area contributed by atoms with Crippen molar-refractivity contribution in [3.05, 3.63) is 23.8 Å². The molecule has 0 unspecified atom stereocenters. The third-order valence-electron chi connectivity index (χ3n) is 2.76. The standard InChI is InChI=1S/C17H26O3/c1-11(2)15(18)9-14-7-8-16(19-12(3)4)17(10-14)20-13(5)6/h7-8,10-13H,9H2,1-6H3. The summed E-state index contributed by atoms with van der Waals surface area (Å²) in [7, 11) is 0. The number of benzene rings is 1. The van der Waals surface area contributed by atoms with Gasteiger partial charge in [0, 0.05) is 12.3 Å². The minimum atomic E-state index is 0.0519. The van der Waals surface area contributed by atoms with Gasteiger partial charge in [-0.1, -0.05) is 19.9 Å². The number of Topliss-reactive ketones (excluding diaryl/α,β-unsaturated/α-hetero) is 1. The Balaban J connectivity index is 2.97. The van der Waals surface area contributed by atoms with Crippen molar-refractivity contribution in [1.29, 1.82) is 0 Å². The molecule has 0 radical (unpaired) electrons. The quantitative estimate of drug-likeness (QED) is 0.755. The summed E-state index contributed by atoms with van der Waals surface area (Å²) < 4.78 is 11.5. The molecule has 3 nitrogen and oxygen atoms in total. The van der Waals surface area contributed by atoms with Crippen LogP contribution in [0.15, 0.2) is 18.2 Å². The van der Waals surface area contributed by atoms with Crippen molar-refractivity contribution >= 4 is 5.78 Å². The molecule has 0 heterocycles. The second-order valence-electron chi connectivity index (χ2n) is 5.91. The molecule has 3 heteroatoms. The van der Waals surface area contributed by atoms with Crippen LogP contribution in [0.2, 0.25) is 0 Å². The van der Waals surface area contributed by atoms with E-state index in [0.717, 1.165) is 11.3 Å². The van der Waals surface area contributed by atoms with Gasteiger partial charge in [-0.15, -0.1) is 0 Å². The Morgan fingerprint density at radius 3 is 2.00 bits per heavy atom. The van der Waals surface area contributed by atoms with E-state index < -0.39 is 0 Å². The van der Waals surface area contributed by atoms with E-state index in [1.165, 1.54) is 0 Å². The van der Waals surface area contributed by atoms with E-state index in [4.69, 9.17) is 9.47 Å². The molecule has 0 atom stereocenters. The van der Waals surface area contributed by atoms with Crippen LogP contribution in [-0.4, -0.2) is 18.0 Å². The van der Waals surface area contributed by atoms with Crippen molar-refractivity contribution in [3.63, 3.8) is 0 Å². The maximum atomic E-state index is 11.8. The van der Waals surface area contributed by atoms with Gasteiger partial charge >= 0.3 is 0 Å². The Labute approximate surface area is 122 Å².